The van der Waals surface area contributed by atoms with E-state index in [0.29, 0.717) is 54.9 Å². The van der Waals surface area contributed by atoms with Gasteiger partial charge in [0.25, 0.3) is 0 Å². The lowest BCUT2D eigenvalue weighted by Crippen LogP contribution is -2.78. The van der Waals surface area contributed by atoms with Gasteiger partial charge in [-0.3, -0.25) is 29.4 Å². The van der Waals surface area contributed by atoms with Crippen LogP contribution in [-0.4, -0.2) is 242 Å². The van der Waals surface area contributed by atoms with Crippen LogP contribution in [0.1, 0.15) is 150 Å². The smallest absolute Gasteiger partial charge is 0.0472 e. The van der Waals surface area contributed by atoms with Gasteiger partial charge in [0.15, 0.2) is 0 Å². The first-order chi connectivity index (χ1) is 29.6. The molecule has 10 aliphatic heterocycles. The topological polar surface area (TPSA) is 32.4 Å². The molecule has 10 nitrogen and oxygen atoms in total. The van der Waals surface area contributed by atoms with Crippen LogP contribution in [0.5, 0.6) is 0 Å². The molecule has 10 saturated heterocycles. The average molecular weight is 928 g/mol. The number of likely N-dealkylation sites (tertiary alicyclic amines) is 10. The summed E-state index contributed by atoms with van der Waals surface area (Å²) < 4.78 is 0. The van der Waals surface area contributed by atoms with Gasteiger partial charge in [-0.25, -0.2) is 0 Å². The number of rotatable bonds is 0. The van der Waals surface area contributed by atoms with Gasteiger partial charge >= 0.3 is 0 Å². The van der Waals surface area contributed by atoms with Gasteiger partial charge in [0.2, 0.25) is 0 Å². The lowest BCUT2D eigenvalue weighted by Gasteiger charge is -2.64. The SMILES string of the molecule is C.CN1CC2(C1)CN(C(C)(C)C)C2.CN1CCC12CN(C(C)(C)C)C2.CN1CCC2(C1)CN(C(C)(C)C)C2.CN1CCC2(CC1)CN(C(C)(C)C)C2.CN1CCCC2(C1)CN(C(C)(C)C)C2. The molecule has 0 bridgehead atoms. The zero-order valence-electron chi connectivity index (χ0n) is 47.1. The van der Waals surface area contributed by atoms with Gasteiger partial charge in [-0.05, 0) is 209 Å². The molecule has 0 saturated carbocycles. The van der Waals surface area contributed by atoms with Crippen molar-refractivity contribution in [3.05, 3.63) is 0 Å². The molecule has 0 unspecified atom stereocenters. The highest BCUT2D eigenvalue weighted by atomic mass is 15.4. The highest BCUT2D eigenvalue weighted by Crippen LogP contribution is 2.46. The minimum atomic E-state index is 0. The van der Waals surface area contributed by atoms with Crippen LogP contribution in [0.2, 0.25) is 0 Å². The lowest BCUT2D eigenvalue weighted by atomic mass is 9.70. The van der Waals surface area contributed by atoms with Crippen molar-refractivity contribution >= 4 is 0 Å². The van der Waals surface area contributed by atoms with E-state index < -0.39 is 0 Å². The van der Waals surface area contributed by atoms with Crippen LogP contribution in [0.4, 0.5) is 0 Å². The van der Waals surface area contributed by atoms with Crippen molar-refractivity contribution in [2.45, 2.75) is 183 Å². The third kappa shape index (κ3) is 13.4. The molecular formula is C56H114N10. The number of hydrogen-bond donors (Lipinski definition) is 0. The van der Waals surface area contributed by atoms with Gasteiger partial charge in [0.1, 0.15) is 0 Å². The van der Waals surface area contributed by atoms with E-state index >= 15 is 0 Å². The van der Waals surface area contributed by atoms with E-state index in [1.54, 1.807) is 0 Å². The van der Waals surface area contributed by atoms with Crippen molar-refractivity contribution in [3.63, 3.8) is 0 Å². The first-order valence-electron chi connectivity index (χ1n) is 26.8. The second-order valence-corrected chi connectivity index (χ2v) is 29.8. The van der Waals surface area contributed by atoms with Crippen LogP contribution < -0.4 is 0 Å². The Balaban J connectivity index is 0.000000154. The monoisotopic (exact) mass is 927 g/mol. The Hall–Kier alpha value is -0.400. The number of nitrogens with zero attached hydrogens (tertiary/aromatic N) is 10. The maximum atomic E-state index is 2.62. The van der Waals surface area contributed by atoms with Gasteiger partial charge in [-0.15, -0.1) is 0 Å². The zero-order valence-corrected chi connectivity index (χ0v) is 47.1. The number of piperidine rings is 2. The van der Waals surface area contributed by atoms with Gasteiger partial charge in [-0.1, -0.05) is 7.43 Å². The van der Waals surface area contributed by atoms with Crippen LogP contribution in [0, 0.1) is 21.7 Å². The predicted octanol–water partition coefficient (Wildman–Crippen LogP) is 7.89. The Morgan fingerprint density at radius 2 is 0.576 bits per heavy atom. The van der Waals surface area contributed by atoms with E-state index in [1.807, 2.05) is 0 Å². The van der Waals surface area contributed by atoms with Crippen LogP contribution in [-0.2, 0) is 0 Å². The molecule has 66 heavy (non-hydrogen) atoms. The molecule has 10 heteroatoms. The third-order valence-electron chi connectivity index (χ3n) is 18.4. The van der Waals surface area contributed by atoms with E-state index in [0.717, 1.165) is 0 Å². The zero-order chi connectivity index (χ0) is 48.5. The largest absolute Gasteiger partial charge is 0.306 e. The normalized spacial score (nSPS) is 29.1. The molecular weight excluding hydrogens is 813 g/mol. The van der Waals surface area contributed by atoms with Gasteiger partial charge in [0, 0.05) is 148 Å². The molecule has 0 N–H and O–H groups in total. The molecule has 0 aromatic rings. The number of hydrogen-bond acceptors (Lipinski definition) is 10. The maximum Gasteiger partial charge on any atom is 0.0472 e. The molecule has 0 aliphatic carbocycles. The molecule has 0 aromatic carbocycles. The Morgan fingerprint density at radius 3 is 0.894 bits per heavy atom. The molecule has 0 radical (unpaired) electrons. The van der Waals surface area contributed by atoms with Crippen molar-refractivity contribution in [1.82, 2.24) is 49.0 Å². The minimum absolute atomic E-state index is 0. The Labute approximate surface area is 411 Å². The highest BCUT2D eigenvalue weighted by Gasteiger charge is 2.55. The molecule has 5 spiro atoms. The van der Waals surface area contributed by atoms with Crippen LogP contribution >= 0.6 is 0 Å². The summed E-state index contributed by atoms with van der Waals surface area (Å²) in [5.41, 5.74) is 5.21. The molecule has 10 fully saturated rings. The summed E-state index contributed by atoms with van der Waals surface area (Å²) in [5.74, 6) is 0. The standard InChI is InChI=1S/2C12H24N2.C11H22N2.2C10H20N2.CH4/c1-11(2,3)14-9-12(10-14)5-7-13(4)8-6-12;1-11(2,3)14-9-12(10-14)6-5-7-13(4)8-12;1-10(2,3)13-8-11(9-13)5-6-12(4)7-11;1-9(2,3)12-7-10(8-12)5-11(4)6-10;1-9(2,3)12-7-10(8-12)5-6-11(10)4;/h2*5-10H2,1-4H3;5-9H2,1-4H3;2*5-8H2,1-4H3;1H4. The third-order valence-corrected chi connectivity index (χ3v) is 18.4. The fourth-order valence-corrected chi connectivity index (χ4v) is 13.0. The maximum absolute atomic E-state index is 2.62. The van der Waals surface area contributed by atoms with Crippen molar-refractivity contribution in [3.8, 4) is 0 Å². The summed E-state index contributed by atoms with van der Waals surface area (Å²) in [5, 5.41) is 0. The summed E-state index contributed by atoms with van der Waals surface area (Å²) in [4.78, 5) is 25.4. The van der Waals surface area contributed by atoms with Crippen LogP contribution in [0.25, 0.3) is 0 Å². The molecule has 10 heterocycles. The van der Waals surface area contributed by atoms with E-state index in [4.69, 9.17) is 0 Å². The summed E-state index contributed by atoms with van der Waals surface area (Å²) in [6.45, 7) is 59.7. The van der Waals surface area contributed by atoms with E-state index in [1.165, 1.54) is 163 Å². The second kappa shape index (κ2) is 19.9. The highest BCUT2D eigenvalue weighted by molar-refractivity contribution is 5.12. The first kappa shape index (κ1) is 56.5. The molecule has 388 valence electrons. The van der Waals surface area contributed by atoms with Gasteiger partial charge in [-0.2, -0.15) is 0 Å². The van der Waals surface area contributed by atoms with Crippen molar-refractivity contribution in [1.29, 1.82) is 0 Å². The molecule has 0 aromatic heterocycles. The molecule has 0 amide bonds. The van der Waals surface area contributed by atoms with Crippen molar-refractivity contribution in [2.75, 3.05) is 160 Å². The van der Waals surface area contributed by atoms with Crippen LogP contribution in [0.3, 0.4) is 0 Å². The summed E-state index contributed by atoms with van der Waals surface area (Å²) in [6.07, 6.45) is 8.50. The minimum Gasteiger partial charge on any atom is -0.306 e. The Bertz CT molecular complexity index is 1510. The first-order valence-corrected chi connectivity index (χ1v) is 26.8. The molecule has 10 rings (SSSR count). The second-order valence-electron chi connectivity index (χ2n) is 29.8. The van der Waals surface area contributed by atoms with E-state index in [-0.39, 0.29) is 7.43 Å². The van der Waals surface area contributed by atoms with Gasteiger partial charge in [0.05, 0.1) is 0 Å². The van der Waals surface area contributed by atoms with E-state index in [9.17, 15) is 0 Å². The lowest BCUT2D eigenvalue weighted by molar-refractivity contribution is -0.138. The summed E-state index contributed by atoms with van der Waals surface area (Å²) >= 11 is 0. The molecule has 10 aliphatic rings. The average Bonchev–Trinajstić information content (AvgIpc) is 3.47. The Kier molecular flexibility index (Phi) is 17.0. The quantitative estimate of drug-likeness (QED) is 0.240. The summed E-state index contributed by atoms with van der Waals surface area (Å²) in [6, 6.07) is 0. The van der Waals surface area contributed by atoms with E-state index in [2.05, 4.69) is 188 Å². The summed E-state index contributed by atoms with van der Waals surface area (Å²) in [7, 11) is 11.2. The predicted molar refractivity (Wildman–Crippen MR) is 286 cm³/mol. The fraction of sp³-hybridized carbons (Fsp3) is 1.00. The van der Waals surface area contributed by atoms with Crippen molar-refractivity contribution in [2.24, 2.45) is 21.7 Å². The Morgan fingerprint density at radius 1 is 0.273 bits per heavy atom. The van der Waals surface area contributed by atoms with Crippen molar-refractivity contribution < 1.29 is 0 Å². The van der Waals surface area contributed by atoms with Crippen LogP contribution in [0.15, 0.2) is 0 Å². The molecule has 0 atom stereocenters. The fourth-order valence-electron chi connectivity index (χ4n) is 13.0. The number of likely N-dealkylation sites (N-methyl/N-ethyl adjacent to an activating group) is 1. The van der Waals surface area contributed by atoms with Gasteiger partial charge < -0.3 is 19.6 Å².